The van der Waals surface area contributed by atoms with Crippen molar-refractivity contribution in [1.29, 1.82) is 0 Å². The van der Waals surface area contributed by atoms with Gasteiger partial charge in [0.25, 0.3) is 5.91 Å². The summed E-state index contributed by atoms with van der Waals surface area (Å²) in [4.78, 5) is 15.7. The van der Waals surface area contributed by atoms with Gasteiger partial charge >= 0.3 is 0 Å². The summed E-state index contributed by atoms with van der Waals surface area (Å²) in [7, 11) is 0. The summed E-state index contributed by atoms with van der Waals surface area (Å²) in [5.74, 6) is 0.374. The molecule has 1 aromatic carbocycles. The average molecular weight is 338 g/mol. The summed E-state index contributed by atoms with van der Waals surface area (Å²) in [5, 5.41) is 19.6. The third kappa shape index (κ3) is 4.50. The lowest BCUT2D eigenvalue weighted by Gasteiger charge is -2.10. The highest BCUT2D eigenvalue weighted by Gasteiger charge is 2.14. The predicted octanol–water partition coefficient (Wildman–Crippen LogP) is 1.75. The maximum Gasteiger partial charge on any atom is 0.252 e. The summed E-state index contributed by atoms with van der Waals surface area (Å²) in [6.45, 7) is 0.731. The van der Waals surface area contributed by atoms with Crippen LogP contribution in [0.25, 0.3) is 11.3 Å². The Kier molecular flexibility index (Phi) is 5.50. The lowest BCUT2D eigenvalue weighted by molar-refractivity contribution is 0.0944. The third-order valence-corrected chi connectivity index (χ3v) is 3.54. The van der Waals surface area contributed by atoms with E-state index in [0.29, 0.717) is 30.1 Å². The maximum atomic E-state index is 11.9. The second kappa shape index (κ2) is 8.18. The molecular weight excluding hydrogens is 320 g/mol. The van der Waals surface area contributed by atoms with Crippen molar-refractivity contribution in [3.05, 3.63) is 72.2 Å². The molecule has 7 nitrogen and oxygen atoms in total. The lowest BCUT2D eigenvalue weighted by Crippen LogP contribution is -2.33. The number of hydrogen-bond donors (Lipinski definition) is 3. The molecule has 0 aliphatic heterocycles. The van der Waals surface area contributed by atoms with Gasteiger partial charge in [-0.3, -0.25) is 15.1 Å². The molecule has 1 atom stereocenters. The summed E-state index contributed by atoms with van der Waals surface area (Å²) < 4.78 is 5.25. The summed E-state index contributed by atoms with van der Waals surface area (Å²) >= 11 is 0. The first-order valence-electron chi connectivity index (χ1n) is 7.86. The Balaban J connectivity index is 1.46. The Labute approximate surface area is 144 Å². The van der Waals surface area contributed by atoms with E-state index in [1.807, 2.05) is 30.3 Å². The van der Waals surface area contributed by atoms with Gasteiger partial charge in [0.1, 0.15) is 5.69 Å². The number of aliphatic hydroxyl groups excluding tert-OH is 1. The standard InChI is InChI=1S/C18H18N4O3/c23-17(14-7-4-8-19-12-14)20-9-10-21-18(24)15-11-16(25-22-15)13-5-2-1-3-6-13/h1-8,11-12,18,21,24H,9-10H2,(H,20,23). The fourth-order valence-electron chi connectivity index (χ4n) is 2.24. The first kappa shape index (κ1) is 16.8. The highest BCUT2D eigenvalue weighted by molar-refractivity contribution is 5.93. The molecule has 0 fully saturated rings. The maximum absolute atomic E-state index is 11.9. The van der Waals surface area contributed by atoms with E-state index < -0.39 is 6.23 Å². The number of aliphatic hydroxyl groups is 1. The van der Waals surface area contributed by atoms with E-state index in [1.165, 1.54) is 6.20 Å². The average Bonchev–Trinajstić information content (AvgIpc) is 3.16. The van der Waals surface area contributed by atoms with Crippen LogP contribution >= 0.6 is 0 Å². The van der Waals surface area contributed by atoms with Crippen LogP contribution in [-0.2, 0) is 0 Å². The van der Waals surface area contributed by atoms with Crippen LogP contribution in [-0.4, -0.2) is 34.2 Å². The molecule has 3 aromatic rings. The molecule has 0 spiro atoms. The van der Waals surface area contributed by atoms with Crippen LogP contribution in [0.5, 0.6) is 0 Å². The van der Waals surface area contributed by atoms with Gasteiger partial charge in [-0.15, -0.1) is 0 Å². The molecule has 1 unspecified atom stereocenters. The van der Waals surface area contributed by atoms with Crippen LogP contribution in [0.4, 0.5) is 0 Å². The van der Waals surface area contributed by atoms with Gasteiger partial charge in [-0.05, 0) is 12.1 Å². The number of nitrogens with one attached hydrogen (secondary N) is 2. The van der Waals surface area contributed by atoms with Gasteiger partial charge in [0.15, 0.2) is 12.0 Å². The Morgan fingerprint density at radius 3 is 2.76 bits per heavy atom. The zero-order valence-electron chi connectivity index (χ0n) is 13.4. The summed E-state index contributed by atoms with van der Waals surface area (Å²) in [5.41, 5.74) is 1.77. The number of carbonyl (C=O) groups is 1. The van der Waals surface area contributed by atoms with Crippen molar-refractivity contribution in [2.75, 3.05) is 13.1 Å². The van der Waals surface area contributed by atoms with Crippen LogP contribution in [0.15, 0.2) is 65.4 Å². The van der Waals surface area contributed by atoms with E-state index in [4.69, 9.17) is 4.52 Å². The normalized spacial score (nSPS) is 11.9. The number of amides is 1. The first-order valence-corrected chi connectivity index (χ1v) is 7.86. The fourth-order valence-corrected chi connectivity index (χ4v) is 2.24. The van der Waals surface area contributed by atoms with Crippen molar-refractivity contribution >= 4 is 5.91 Å². The molecular formula is C18H18N4O3. The van der Waals surface area contributed by atoms with Crippen molar-refractivity contribution in [2.45, 2.75) is 6.23 Å². The Bertz CT molecular complexity index is 805. The Morgan fingerprint density at radius 2 is 2.00 bits per heavy atom. The van der Waals surface area contributed by atoms with E-state index in [-0.39, 0.29) is 5.91 Å². The molecule has 7 heteroatoms. The van der Waals surface area contributed by atoms with Gasteiger partial charge in [0.05, 0.1) is 5.56 Å². The third-order valence-electron chi connectivity index (χ3n) is 3.54. The molecule has 0 saturated carbocycles. The van der Waals surface area contributed by atoms with Gasteiger partial charge in [-0.1, -0.05) is 35.5 Å². The van der Waals surface area contributed by atoms with Gasteiger partial charge in [0.2, 0.25) is 0 Å². The van der Waals surface area contributed by atoms with Crippen molar-refractivity contribution in [3.8, 4) is 11.3 Å². The molecule has 128 valence electrons. The fraction of sp³-hybridized carbons (Fsp3) is 0.167. The van der Waals surface area contributed by atoms with Crippen LogP contribution in [0, 0.1) is 0 Å². The zero-order valence-corrected chi connectivity index (χ0v) is 13.4. The van der Waals surface area contributed by atoms with E-state index in [1.54, 1.807) is 24.4 Å². The SMILES string of the molecule is O=C(NCCNC(O)c1cc(-c2ccccc2)on1)c1cccnc1. The van der Waals surface area contributed by atoms with Crippen molar-refractivity contribution in [1.82, 2.24) is 20.8 Å². The number of carbonyl (C=O) groups excluding carboxylic acids is 1. The van der Waals surface area contributed by atoms with Gasteiger partial charge in [-0.25, -0.2) is 0 Å². The van der Waals surface area contributed by atoms with Crippen molar-refractivity contribution in [2.24, 2.45) is 0 Å². The number of pyridine rings is 1. The highest BCUT2D eigenvalue weighted by Crippen LogP contribution is 2.21. The minimum absolute atomic E-state index is 0.211. The van der Waals surface area contributed by atoms with Crippen LogP contribution < -0.4 is 10.6 Å². The van der Waals surface area contributed by atoms with Crippen LogP contribution in [0.1, 0.15) is 22.3 Å². The minimum atomic E-state index is -0.975. The van der Waals surface area contributed by atoms with Crippen molar-refractivity contribution < 1.29 is 14.4 Å². The predicted molar refractivity (Wildman–Crippen MR) is 91.5 cm³/mol. The molecule has 25 heavy (non-hydrogen) atoms. The lowest BCUT2D eigenvalue weighted by atomic mass is 10.1. The molecule has 0 radical (unpaired) electrons. The molecule has 2 aromatic heterocycles. The molecule has 0 saturated heterocycles. The molecule has 2 heterocycles. The largest absolute Gasteiger partial charge is 0.373 e. The van der Waals surface area contributed by atoms with Crippen molar-refractivity contribution in [3.63, 3.8) is 0 Å². The highest BCUT2D eigenvalue weighted by atomic mass is 16.5. The number of nitrogens with zero attached hydrogens (tertiary/aromatic N) is 2. The molecule has 3 rings (SSSR count). The van der Waals surface area contributed by atoms with E-state index in [9.17, 15) is 9.90 Å². The van der Waals surface area contributed by atoms with Gasteiger partial charge in [0, 0.05) is 37.1 Å². The number of aromatic nitrogens is 2. The Hall–Kier alpha value is -3.03. The van der Waals surface area contributed by atoms with E-state index in [2.05, 4.69) is 20.8 Å². The minimum Gasteiger partial charge on any atom is -0.373 e. The second-order valence-corrected chi connectivity index (χ2v) is 5.34. The van der Waals surface area contributed by atoms with E-state index >= 15 is 0 Å². The van der Waals surface area contributed by atoms with Gasteiger partial charge in [-0.2, -0.15) is 0 Å². The molecule has 0 aliphatic carbocycles. The topological polar surface area (TPSA) is 100 Å². The van der Waals surface area contributed by atoms with Crippen LogP contribution in [0.3, 0.4) is 0 Å². The van der Waals surface area contributed by atoms with Crippen LogP contribution in [0.2, 0.25) is 0 Å². The smallest absolute Gasteiger partial charge is 0.252 e. The monoisotopic (exact) mass is 338 g/mol. The Morgan fingerprint density at radius 1 is 1.16 bits per heavy atom. The summed E-state index contributed by atoms with van der Waals surface area (Å²) in [6.07, 6.45) is 2.13. The van der Waals surface area contributed by atoms with E-state index in [0.717, 1.165) is 5.56 Å². The summed E-state index contributed by atoms with van der Waals surface area (Å²) in [6, 6.07) is 14.6. The van der Waals surface area contributed by atoms with Gasteiger partial charge < -0.3 is 14.9 Å². The zero-order chi connectivity index (χ0) is 17.5. The number of hydrogen-bond acceptors (Lipinski definition) is 6. The molecule has 0 aliphatic rings. The second-order valence-electron chi connectivity index (χ2n) is 5.34. The quantitative estimate of drug-likeness (QED) is 0.448. The molecule has 3 N–H and O–H groups in total. The molecule has 1 amide bonds. The first-order chi connectivity index (χ1) is 12.2. The molecule has 0 bridgehead atoms. The number of benzene rings is 1. The number of rotatable bonds is 7.